The van der Waals surface area contributed by atoms with Crippen LogP contribution >= 0.6 is 0 Å². The van der Waals surface area contributed by atoms with Gasteiger partial charge < -0.3 is 9.14 Å². The van der Waals surface area contributed by atoms with Gasteiger partial charge in [-0.25, -0.2) is 9.69 Å². The number of nitrogens with zero attached hydrogens (tertiary/aromatic N) is 2. The summed E-state index contributed by atoms with van der Waals surface area (Å²) < 4.78 is 7.57. The fraction of sp³-hybridized carbons (Fsp3) is 0.211. The molecule has 23 heavy (non-hydrogen) atoms. The van der Waals surface area contributed by atoms with Gasteiger partial charge in [-0.05, 0) is 57.2 Å². The van der Waals surface area contributed by atoms with Crippen LogP contribution in [0.25, 0.3) is 5.52 Å². The van der Waals surface area contributed by atoms with Crippen LogP contribution < -0.4 is 4.90 Å². The first-order chi connectivity index (χ1) is 11.0. The predicted octanol–water partition coefficient (Wildman–Crippen LogP) is 5.01. The second-order valence-electron chi connectivity index (χ2n) is 6.34. The molecule has 4 nitrogen and oxygen atoms in total. The molecule has 1 amide bonds. The maximum absolute atomic E-state index is 12.8. The van der Waals surface area contributed by atoms with Gasteiger partial charge in [-0.2, -0.15) is 0 Å². The van der Waals surface area contributed by atoms with Gasteiger partial charge in [0.2, 0.25) is 0 Å². The van der Waals surface area contributed by atoms with Crippen LogP contribution in [0.2, 0.25) is 0 Å². The molecule has 0 N–H and O–H groups in total. The summed E-state index contributed by atoms with van der Waals surface area (Å²) in [6.07, 6.45) is 1.54. The monoisotopic (exact) mass is 308 g/mol. The first-order valence-electron chi connectivity index (χ1n) is 7.60. The van der Waals surface area contributed by atoms with Crippen LogP contribution in [-0.2, 0) is 4.74 Å². The lowest BCUT2D eigenvalue weighted by Crippen LogP contribution is -2.34. The highest BCUT2D eigenvalue weighted by Crippen LogP contribution is 2.29. The zero-order valence-corrected chi connectivity index (χ0v) is 13.6. The third-order valence-corrected chi connectivity index (χ3v) is 3.36. The standard InChI is InChI=1S/C19H20N2O2/c1-19(2,3)23-18(22)21(16-10-5-4-6-11-16)17-13-12-15-9-7-8-14-20(15)17/h4-14H,1-3H3. The molecular weight excluding hydrogens is 288 g/mol. The van der Waals surface area contributed by atoms with E-state index in [0.717, 1.165) is 17.0 Å². The summed E-state index contributed by atoms with van der Waals surface area (Å²) in [4.78, 5) is 14.4. The molecule has 2 aromatic heterocycles. The average molecular weight is 308 g/mol. The SMILES string of the molecule is CC(C)(C)OC(=O)N(c1ccccc1)c1ccc2ccccn12. The van der Waals surface area contributed by atoms with Crippen LogP contribution in [0.3, 0.4) is 0 Å². The van der Waals surface area contributed by atoms with Crippen molar-refractivity contribution in [3.05, 3.63) is 66.9 Å². The van der Waals surface area contributed by atoms with Crippen LogP contribution in [-0.4, -0.2) is 16.1 Å². The molecular formula is C19H20N2O2. The van der Waals surface area contributed by atoms with Crippen molar-refractivity contribution in [3.63, 3.8) is 0 Å². The van der Waals surface area contributed by atoms with E-state index in [4.69, 9.17) is 4.74 Å². The van der Waals surface area contributed by atoms with Gasteiger partial charge in [-0.3, -0.25) is 0 Å². The summed E-state index contributed by atoms with van der Waals surface area (Å²) in [5, 5.41) is 0. The lowest BCUT2D eigenvalue weighted by molar-refractivity contribution is 0.0598. The first-order valence-corrected chi connectivity index (χ1v) is 7.60. The maximum Gasteiger partial charge on any atom is 0.420 e. The molecule has 3 rings (SSSR count). The topological polar surface area (TPSA) is 34.0 Å². The number of pyridine rings is 1. The molecule has 0 saturated carbocycles. The number of rotatable bonds is 2. The average Bonchev–Trinajstić information content (AvgIpc) is 2.91. The second kappa shape index (κ2) is 5.80. The van der Waals surface area contributed by atoms with Crippen molar-refractivity contribution < 1.29 is 9.53 Å². The summed E-state index contributed by atoms with van der Waals surface area (Å²) >= 11 is 0. The van der Waals surface area contributed by atoms with Gasteiger partial charge >= 0.3 is 6.09 Å². The van der Waals surface area contributed by atoms with Crippen molar-refractivity contribution in [1.29, 1.82) is 0 Å². The Morgan fingerprint density at radius 1 is 0.957 bits per heavy atom. The molecule has 0 unspecified atom stereocenters. The molecule has 118 valence electrons. The van der Waals surface area contributed by atoms with E-state index in [9.17, 15) is 4.79 Å². The zero-order valence-electron chi connectivity index (χ0n) is 13.6. The Labute approximate surface area is 135 Å². The van der Waals surface area contributed by atoms with E-state index in [1.807, 2.05) is 92.0 Å². The largest absolute Gasteiger partial charge is 0.443 e. The van der Waals surface area contributed by atoms with E-state index in [0.29, 0.717) is 0 Å². The molecule has 0 fully saturated rings. The van der Waals surface area contributed by atoms with E-state index >= 15 is 0 Å². The Morgan fingerprint density at radius 2 is 1.65 bits per heavy atom. The molecule has 0 aliphatic heterocycles. The molecule has 4 heteroatoms. The molecule has 0 spiro atoms. The number of benzene rings is 1. The van der Waals surface area contributed by atoms with E-state index in [1.165, 1.54) is 0 Å². The van der Waals surface area contributed by atoms with Crippen molar-refractivity contribution in [1.82, 2.24) is 4.40 Å². The van der Waals surface area contributed by atoms with E-state index in [1.54, 1.807) is 4.90 Å². The maximum atomic E-state index is 12.8. The number of hydrogen-bond donors (Lipinski definition) is 0. The third-order valence-electron chi connectivity index (χ3n) is 3.36. The first kappa shape index (κ1) is 15.2. The number of carbonyl (C=O) groups excluding carboxylic acids is 1. The van der Waals surface area contributed by atoms with E-state index in [-0.39, 0.29) is 0 Å². The molecule has 0 aliphatic carbocycles. The van der Waals surface area contributed by atoms with Crippen LogP contribution in [0.5, 0.6) is 0 Å². The fourth-order valence-corrected chi connectivity index (χ4v) is 2.44. The van der Waals surface area contributed by atoms with Crippen LogP contribution in [0.1, 0.15) is 20.8 Å². The minimum atomic E-state index is -0.558. The lowest BCUT2D eigenvalue weighted by atomic mass is 10.2. The predicted molar refractivity (Wildman–Crippen MR) is 92.2 cm³/mol. The molecule has 0 bridgehead atoms. The highest BCUT2D eigenvalue weighted by Gasteiger charge is 2.26. The number of ether oxygens (including phenoxy) is 1. The van der Waals surface area contributed by atoms with Gasteiger partial charge in [0.1, 0.15) is 11.4 Å². The molecule has 2 heterocycles. The molecule has 0 saturated heterocycles. The minimum Gasteiger partial charge on any atom is -0.443 e. The van der Waals surface area contributed by atoms with Crippen molar-refractivity contribution in [2.75, 3.05) is 4.90 Å². The number of aromatic nitrogens is 1. The number of amides is 1. The molecule has 1 aromatic carbocycles. The summed E-state index contributed by atoms with van der Waals surface area (Å²) in [5.74, 6) is 0.751. The van der Waals surface area contributed by atoms with Gasteiger partial charge in [-0.15, -0.1) is 0 Å². The quantitative estimate of drug-likeness (QED) is 0.666. The second-order valence-corrected chi connectivity index (χ2v) is 6.34. The van der Waals surface area contributed by atoms with Crippen LogP contribution in [0.15, 0.2) is 66.9 Å². The molecule has 0 atom stereocenters. The Morgan fingerprint density at radius 3 is 2.35 bits per heavy atom. The zero-order chi connectivity index (χ0) is 16.4. The fourth-order valence-electron chi connectivity index (χ4n) is 2.44. The van der Waals surface area contributed by atoms with Gasteiger partial charge in [0.05, 0.1) is 5.69 Å². The Bertz CT molecular complexity index is 816. The summed E-state index contributed by atoms with van der Waals surface area (Å²) in [6, 6.07) is 19.3. The summed E-state index contributed by atoms with van der Waals surface area (Å²) in [7, 11) is 0. The Balaban J connectivity index is 2.10. The Hall–Kier alpha value is -2.75. The molecule has 0 radical (unpaired) electrons. The van der Waals surface area contributed by atoms with Gasteiger partial charge in [-0.1, -0.05) is 24.3 Å². The third kappa shape index (κ3) is 3.21. The van der Waals surface area contributed by atoms with E-state index < -0.39 is 11.7 Å². The number of para-hydroxylation sites is 1. The highest BCUT2D eigenvalue weighted by atomic mass is 16.6. The van der Waals surface area contributed by atoms with Crippen molar-refractivity contribution in [2.24, 2.45) is 0 Å². The van der Waals surface area contributed by atoms with Crippen molar-refractivity contribution >= 4 is 23.1 Å². The number of carbonyl (C=O) groups is 1. The summed E-state index contributed by atoms with van der Waals surface area (Å²) in [5.41, 5.74) is 1.23. The van der Waals surface area contributed by atoms with Gasteiger partial charge in [0.15, 0.2) is 0 Å². The number of hydrogen-bond acceptors (Lipinski definition) is 2. The van der Waals surface area contributed by atoms with Gasteiger partial charge in [0.25, 0.3) is 0 Å². The highest BCUT2D eigenvalue weighted by molar-refractivity contribution is 5.96. The van der Waals surface area contributed by atoms with Crippen molar-refractivity contribution in [3.8, 4) is 0 Å². The Kier molecular flexibility index (Phi) is 3.82. The normalized spacial score (nSPS) is 11.4. The lowest BCUT2D eigenvalue weighted by Gasteiger charge is -2.27. The smallest absolute Gasteiger partial charge is 0.420 e. The number of anilines is 2. The van der Waals surface area contributed by atoms with Crippen LogP contribution in [0.4, 0.5) is 16.3 Å². The minimum absolute atomic E-state index is 0.396. The summed E-state index contributed by atoms with van der Waals surface area (Å²) in [6.45, 7) is 5.60. The van der Waals surface area contributed by atoms with Gasteiger partial charge in [0, 0.05) is 11.7 Å². The van der Waals surface area contributed by atoms with Crippen molar-refractivity contribution in [2.45, 2.75) is 26.4 Å². The van der Waals surface area contributed by atoms with E-state index in [2.05, 4.69) is 0 Å². The van der Waals surface area contributed by atoms with Crippen LogP contribution in [0, 0.1) is 0 Å². The molecule has 0 aliphatic rings. The molecule has 3 aromatic rings. The number of fused-ring (bicyclic) bond motifs is 1.